The third-order valence-electron chi connectivity index (χ3n) is 4.92. The first-order valence-electron chi connectivity index (χ1n) is 8.16. The highest BCUT2D eigenvalue weighted by molar-refractivity contribution is 6.25. The lowest BCUT2D eigenvalue weighted by molar-refractivity contribution is -0.251. The molecule has 8 heteroatoms. The maximum Gasteiger partial charge on any atom is 0.263 e. The molecule has 136 valence electrons. The molecule has 0 saturated carbocycles. The standard InChI is InChI=1S/C18H17NO7/c20-7-11-13(21)14(22)15(23)18(26-11)19-16(24)9-5-1-3-8-4-2-6-10(12(8)9)17(19)25/h1-6,11,13-15,18,20-23H,7H2/t11-,13-,14+,15-,18-/m1/s1. The Hall–Kier alpha value is -2.36. The molecule has 0 radical (unpaired) electrons. The van der Waals surface area contributed by atoms with Crippen molar-refractivity contribution in [1.29, 1.82) is 0 Å². The number of hydrogen-bond acceptors (Lipinski definition) is 7. The van der Waals surface area contributed by atoms with Crippen LogP contribution in [0.2, 0.25) is 0 Å². The van der Waals surface area contributed by atoms with Crippen LogP contribution in [-0.4, -0.2) is 74.4 Å². The van der Waals surface area contributed by atoms with Crippen LogP contribution in [0.15, 0.2) is 36.4 Å². The smallest absolute Gasteiger partial charge is 0.263 e. The fraction of sp³-hybridized carbons (Fsp3) is 0.333. The normalized spacial score (nSPS) is 31.5. The first-order valence-corrected chi connectivity index (χ1v) is 8.16. The zero-order valence-corrected chi connectivity index (χ0v) is 13.5. The van der Waals surface area contributed by atoms with Gasteiger partial charge in [-0.05, 0) is 17.5 Å². The van der Waals surface area contributed by atoms with Gasteiger partial charge in [-0.2, -0.15) is 0 Å². The van der Waals surface area contributed by atoms with Crippen LogP contribution in [0.5, 0.6) is 0 Å². The number of amides is 2. The van der Waals surface area contributed by atoms with Crippen LogP contribution in [0.1, 0.15) is 20.7 Å². The monoisotopic (exact) mass is 359 g/mol. The largest absolute Gasteiger partial charge is 0.394 e. The average Bonchev–Trinajstić information content (AvgIpc) is 2.66. The van der Waals surface area contributed by atoms with Gasteiger partial charge in [-0.15, -0.1) is 0 Å². The number of carbonyl (C=O) groups is 2. The van der Waals surface area contributed by atoms with Crippen molar-refractivity contribution >= 4 is 22.6 Å². The number of imide groups is 1. The van der Waals surface area contributed by atoms with Gasteiger partial charge in [-0.3, -0.25) is 9.59 Å². The molecule has 2 aliphatic rings. The first-order chi connectivity index (χ1) is 12.5. The van der Waals surface area contributed by atoms with Crippen LogP contribution >= 0.6 is 0 Å². The van der Waals surface area contributed by atoms with E-state index in [-0.39, 0.29) is 11.1 Å². The van der Waals surface area contributed by atoms with Crippen molar-refractivity contribution in [2.24, 2.45) is 0 Å². The van der Waals surface area contributed by atoms with E-state index >= 15 is 0 Å². The van der Waals surface area contributed by atoms with Crippen LogP contribution in [0.4, 0.5) is 0 Å². The van der Waals surface area contributed by atoms with Crippen molar-refractivity contribution < 1.29 is 34.8 Å². The Bertz CT molecular complexity index is 845. The van der Waals surface area contributed by atoms with Gasteiger partial charge in [0.1, 0.15) is 24.4 Å². The van der Waals surface area contributed by atoms with Crippen molar-refractivity contribution in [1.82, 2.24) is 4.90 Å². The van der Waals surface area contributed by atoms with Gasteiger partial charge >= 0.3 is 0 Å². The molecule has 1 fully saturated rings. The molecule has 2 heterocycles. The van der Waals surface area contributed by atoms with Gasteiger partial charge < -0.3 is 25.2 Å². The van der Waals surface area contributed by atoms with Crippen LogP contribution in [0, 0.1) is 0 Å². The molecule has 2 aromatic rings. The third-order valence-corrected chi connectivity index (χ3v) is 4.92. The second kappa shape index (κ2) is 6.11. The quantitative estimate of drug-likeness (QED) is 0.519. The SMILES string of the molecule is O=C1c2cccc3cccc(c23)C(=O)N1[C@@H]1O[C@H](CO)[C@@H](O)[C@H](O)[C@H]1O. The summed E-state index contributed by atoms with van der Waals surface area (Å²) in [6.45, 7) is -0.649. The maximum atomic E-state index is 12.9. The van der Waals surface area contributed by atoms with E-state index in [4.69, 9.17) is 4.74 Å². The van der Waals surface area contributed by atoms with E-state index in [1.165, 1.54) is 0 Å². The second-order valence-electron chi connectivity index (χ2n) is 6.41. The van der Waals surface area contributed by atoms with Gasteiger partial charge in [0.2, 0.25) is 0 Å². The van der Waals surface area contributed by atoms with Crippen LogP contribution in [-0.2, 0) is 4.74 Å². The number of benzene rings is 2. The molecule has 2 amide bonds. The highest BCUT2D eigenvalue weighted by Gasteiger charge is 2.50. The van der Waals surface area contributed by atoms with Gasteiger partial charge in [0.05, 0.1) is 6.61 Å². The van der Waals surface area contributed by atoms with Crippen LogP contribution in [0.25, 0.3) is 10.8 Å². The molecule has 26 heavy (non-hydrogen) atoms. The predicted octanol–water partition coefficient (Wildman–Crippen LogP) is -0.764. The predicted molar refractivity (Wildman–Crippen MR) is 88.2 cm³/mol. The highest BCUT2D eigenvalue weighted by atomic mass is 16.6. The first kappa shape index (κ1) is 17.1. The summed E-state index contributed by atoms with van der Waals surface area (Å²) < 4.78 is 5.40. The van der Waals surface area contributed by atoms with Crippen molar-refractivity contribution in [3.63, 3.8) is 0 Å². The minimum Gasteiger partial charge on any atom is -0.394 e. The zero-order valence-electron chi connectivity index (χ0n) is 13.5. The molecular weight excluding hydrogens is 342 g/mol. The summed E-state index contributed by atoms with van der Waals surface area (Å²) in [7, 11) is 0. The van der Waals surface area contributed by atoms with Crippen molar-refractivity contribution in [2.75, 3.05) is 6.61 Å². The minimum atomic E-state index is -1.72. The van der Waals surface area contributed by atoms with E-state index < -0.39 is 49.1 Å². The van der Waals surface area contributed by atoms with Crippen molar-refractivity contribution in [3.8, 4) is 0 Å². The van der Waals surface area contributed by atoms with Crippen LogP contribution < -0.4 is 0 Å². The zero-order chi connectivity index (χ0) is 18.6. The number of rotatable bonds is 2. The lowest BCUT2D eigenvalue weighted by Crippen LogP contribution is -2.65. The molecule has 0 aromatic heterocycles. The van der Waals surface area contributed by atoms with Gasteiger partial charge in [0, 0.05) is 16.5 Å². The van der Waals surface area contributed by atoms with Crippen LogP contribution in [0.3, 0.4) is 0 Å². The molecule has 4 N–H and O–H groups in total. The van der Waals surface area contributed by atoms with E-state index in [0.29, 0.717) is 5.39 Å². The average molecular weight is 359 g/mol. The molecular formula is C18H17NO7. The Morgan fingerprint density at radius 3 is 2.00 bits per heavy atom. The summed E-state index contributed by atoms with van der Waals surface area (Å²) in [5.74, 6) is -1.35. The number of aliphatic hydroxyl groups is 4. The highest BCUT2D eigenvalue weighted by Crippen LogP contribution is 2.33. The van der Waals surface area contributed by atoms with E-state index in [0.717, 1.165) is 10.3 Å². The molecule has 0 aliphatic carbocycles. The lowest BCUT2D eigenvalue weighted by atomic mass is 9.92. The number of ether oxygens (including phenoxy) is 1. The maximum absolute atomic E-state index is 12.9. The summed E-state index contributed by atoms with van der Waals surface area (Å²) in [6, 6.07) is 10.1. The molecule has 2 aromatic carbocycles. The number of aliphatic hydroxyl groups excluding tert-OH is 4. The number of nitrogens with zero attached hydrogens (tertiary/aromatic N) is 1. The lowest BCUT2D eigenvalue weighted by Gasteiger charge is -2.44. The van der Waals surface area contributed by atoms with Gasteiger partial charge in [-0.1, -0.05) is 24.3 Å². The minimum absolute atomic E-state index is 0.273. The molecule has 0 bridgehead atoms. The molecule has 1 saturated heterocycles. The molecule has 8 nitrogen and oxygen atoms in total. The molecule has 4 rings (SSSR count). The molecule has 0 unspecified atom stereocenters. The van der Waals surface area contributed by atoms with E-state index in [2.05, 4.69) is 0 Å². The number of hydrogen-bond donors (Lipinski definition) is 4. The number of carbonyl (C=O) groups excluding carboxylic acids is 2. The van der Waals surface area contributed by atoms with Gasteiger partial charge in [0.15, 0.2) is 6.23 Å². The molecule has 0 spiro atoms. The summed E-state index contributed by atoms with van der Waals surface area (Å²) in [5, 5.41) is 40.7. The van der Waals surface area contributed by atoms with Gasteiger partial charge in [0.25, 0.3) is 11.8 Å². The van der Waals surface area contributed by atoms with E-state index in [1.807, 2.05) is 0 Å². The summed E-state index contributed by atoms with van der Waals surface area (Å²) in [4.78, 5) is 26.6. The van der Waals surface area contributed by atoms with E-state index in [1.54, 1.807) is 36.4 Å². The van der Waals surface area contributed by atoms with Gasteiger partial charge in [-0.25, -0.2) is 4.90 Å². The fourth-order valence-corrected chi connectivity index (χ4v) is 3.58. The molecule has 5 atom stereocenters. The topological polar surface area (TPSA) is 128 Å². The van der Waals surface area contributed by atoms with E-state index in [9.17, 15) is 30.0 Å². The Labute approximate surface area is 147 Å². The fourth-order valence-electron chi connectivity index (χ4n) is 3.58. The van der Waals surface area contributed by atoms with Crippen molar-refractivity contribution in [3.05, 3.63) is 47.5 Å². The Morgan fingerprint density at radius 2 is 1.46 bits per heavy atom. The summed E-state index contributed by atoms with van der Waals surface area (Å²) in [6.07, 6.45) is -7.72. The Balaban J connectivity index is 1.81. The summed E-state index contributed by atoms with van der Waals surface area (Å²) in [5.41, 5.74) is 0.546. The summed E-state index contributed by atoms with van der Waals surface area (Å²) >= 11 is 0. The molecule has 2 aliphatic heterocycles. The third kappa shape index (κ3) is 2.28. The Kier molecular flexibility index (Phi) is 4.02. The second-order valence-corrected chi connectivity index (χ2v) is 6.41. The Morgan fingerprint density at radius 1 is 0.885 bits per heavy atom. The van der Waals surface area contributed by atoms with Crippen molar-refractivity contribution in [2.45, 2.75) is 30.6 Å².